The van der Waals surface area contributed by atoms with Crippen molar-refractivity contribution in [2.75, 3.05) is 13.2 Å². The summed E-state index contributed by atoms with van der Waals surface area (Å²) in [5.74, 6) is -0.878. The van der Waals surface area contributed by atoms with Crippen LogP contribution in [0.15, 0.2) is 36.5 Å². The number of allylic oxidation sites excluding steroid dienone is 6. The van der Waals surface area contributed by atoms with Crippen LogP contribution in [0.2, 0.25) is 0 Å². The van der Waals surface area contributed by atoms with E-state index in [1.165, 1.54) is 180 Å². The lowest BCUT2D eigenvalue weighted by Gasteiger charge is -2.18. The highest BCUT2D eigenvalue weighted by atomic mass is 16.6. The summed E-state index contributed by atoms with van der Waals surface area (Å²) in [6, 6.07) is 0. The third-order valence-electron chi connectivity index (χ3n) is 13.2. The maximum absolute atomic E-state index is 12.8. The molecule has 0 rings (SSSR count). The van der Waals surface area contributed by atoms with Gasteiger partial charge in [-0.2, -0.15) is 0 Å². The van der Waals surface area contributed by atoms with Gasteiger partial charge < -0.3 is 14.2 Å². The number of rotatable bonds is 54. The fourth-order valence-corrected chi connectivity index (χ4v) is 8.75. The largest absolute Gasteiger partial charge is 0.462 e. The molecule has 67 heavy (non-hydrogen) atoms. The van der Waals surface area contributed by atoms with Gasteiger partial charge in [-0.15, -0.1) is 0 Å². The maximum Gasteiger partial charge on any atom is 0.306 e. The SMILES string of the molecule is CC/C=C\C/C=C\C/C=C\CCCCCCCC(=O)OC(COC(=O)CCCCCCCCCCC)COC(=O)CCCCCCCCCCCCCCCCCCCCCCCCCCC. The third-order valence-corrected chi connectivity index (χ3v) is 13.2. The molecule has 392 valence electrons. The smallest absolute Gasteiger partial charge is 0.306 e. The van der Waals surface area contributed by atoms with Crippen molar-refractivity contribution in [3.05, 3.63) is 36.5 Å². The molecule has 0 saturated carbocycles. The summed E-state index contributed by atoms with van der Waals surface area (Å²) < 4.78 is 16.8. The van der Waals surface area contributed by atoms with Gasteiger partial charge in [0.15, 0.2) is 6.10 Å². The summed E-state index contributed by atoms with van der Waals surface area (Å²) >= 11 is 0. The first-order valence-electron chi connectivity index (χ1n) is 29.5. The molecule has 0 aromatic carbocycles. The molecule has 0 aromatic rings. The van der Waals surface area contributed by atoms with E-state index in [0.29, 0.717) is 19.3 Å². The summed E-state index contributed by atoms with van der Waals surface area (Å²) in [5.41, 5.74) is 0. The van der Waals surface area contributed by atoms with E-state index >= 15 is 0 Å². The Bertz CT molecular complexity index is 1130. The van der Waals surface area contributed by atoms with E-state index in [2.05, 4.69) is 57.2 Å². The second kappa shape index (κ2) is 56.2. The molecule has 6 heteroatoms. The van der Waals surface area contributed by atoms with Crippen molar-refractivity contribution >= 4 is 17.9 Å². The molecule has 0 bridgehead atoms. The molecule has 0 aliphatic carbocycles. The second-order valence-corrected chi connectivity index (χ2v) is 19.9. The van der Waals surface area contributed by atoms with Gasteiger partial charge in [-0.25, -0.2) is 0 Å². The first-order valence-corrected chi connectivity index (χ1v) is 29.5. The van der Waals surface area contributed by atoms with Gasteiger partial charge in [0.25, 0.3) is 0 Å². The van der Waals surface area contributed by atoms with Gasteiger partial charge in [0, 0.05) is 19.3 Å². The second-order valence-electron chi connectivity index (χ2n) is 19.9. The lowest BCUT2D eigenvalue weighted by Crippen LogP contribution is -2.30. The molecule has 1 atom stereocenters. The van der Waals surface area contributed by atoms with E-state index in [1.807, 2.05) is 0 Å². The molecule has 0 aliphatic heterocycles. The van der Waals surface area contributed by atoms with Crippen LogP contribution in [0.3, 0.4) is 0 Å². The van der Waals surface area contributed by atoms with E-state index in [9.17, 15) is 14.4 Å². The van der Waals surface area contributed by atoms with Gasteiger partial charge in [-0.05, 0) is 51.4 Å². The van der Waals surface area contributed by atoms with Crippen LogP contribution < -0.4 is 0 Å². The summed E-state index contributed by atoms with van der Waals surface area (Å²) in [6.45, 7) is 6.54. The van der Waals surface area contributed by atoms with Crippen molar-refractivity contribution in [2.45, 2.75) is 322 Å². The molecule has 0 radical (unpaired) electrons. The zero-order valence-corrected chi connectivity index (χ0v) is 44.9. The lowest BCUT2D eigenvalue weighted by atomic mass is 10.0. The molecule has 0 saturated heterocycles. The van der Waals surface area contributed by atoms with Crippen LogP contribution in [-0.2, 0) is 28.6 Å². The Kier molecular flexibility index (Phi) is 54.2. The monoisotopic (exact) mass is 941 g/mol. The van der Waals surface area contributed by atoms with Gasteiger partial charge in [0.2, 0.25) is 0 Å². The first-order chi connectivity index (χ1) is 33.0. The van der Waals surface area contributed by atoms with E-state index in [-0.39, 0.29) is 31.1 Å². The predicted molar refractivity (Wildman–Crippen MR) is 289 cm³/mol. The number of ether oxygens (including phenoxy) is 3. The van der Waals surface area contributed by atoms with E-state index in [4.69, 9.17) is 14.2 Å². The van der Waals surface area contributed by atoms with E-state index in [1.54, 1.807) is 0 Å². The third kappa shape index (κ3) is 54.4. The molecule has 1 unspecified atom stereocenters. The number of carbonyl (C=O) groups is 3. The molecule has 0 spiro atoms. The van der Waals surface area contributed by atoms with Crippen molar-refractivity contribution in [1.82, 2.24) is 0 Å². The molecule has 0 fully saturated rings. The van der Waals surface area contributed by atoms with E-state index in [0.717, 1.165) is 96.3 Å². The highest BCUT2D eigenvalue weighted by Gasteiger charge is 2.19. The molecule has 0 amide bonds. The maximum atomic E-state index is 12.8. The summed E-state index contributed by atoms with van der Waals surface area (Å²) in [5, 5.41) is 0. The zero-order valence-electron chi connectivity index (χ0n) is 44.9. The quantitative estimate of drug-likeness (QED) is 0.0262. The molecule has 6 nitrogen and oxygen atoms in total. The van der Waals surface area contributed by atoms with Crippen molar-refractivity contribution in [1.29, 1.82) is 0 Å². The Labute approximate surface area is 416 Å². The van der Waals surface area contributed by atoms with Crippen LogP contribution >= 0.6 is 0 Å². The Morgan fingerprint density at radius 3 is 0.910 bits per heavy atom. The van der Waals surface area contributed by atoms with Crippen molar-refractivity contribution < 1.29 is 28.6 Å². The van der Waals surface area contributed by atoms with Crippen LogP contribution in [0.25, 0.3) is 0 Å². The summed E-state index contributed by atoms with van der Waals surface area (Å²) in [7, 11) is 0. The Morgan fingerprint density at radius 1 is 0.313 bits per heavy atom. The lowest BCUT2D eigenvalue weighted by molar-refractivity contribution is -0.167. The normalized spacial score (nSPS) is 12.2. The molecular formula is C61H112O6. The van der Waals surface area contributed by atoms with Gasteiger partial charge in [0.1, 0.15) is 13.2 Å². The fraction of sp³-hybridized carbons (Fsp3) is 0.852. The van der Waals surface area contributed by atoms with Gasteiger partial charge >= 0.3 is 17.9 Å². The zero-order chi connectivity index (χ0) is 48.6. The average molecular weight is 942 g/mol. The first kappa shape index (κ1) is 64.6. The predicted octanol–water partition coefficient (Wildman–Crippen LogP) is 19.7. The Hall–Kier alpha value is -2.37. The highest BCUT2D eigenvalue weighted by Crippen LogP contribution is 2.17. The van der Waals surface area contributed by atoms with Gasteiger partial charge in [-0.1, -0.05) is 282 Å². The standard InChI is InChI=1S/C61H112O6/c1-4-7-10-13-16-19-21-23-25-26-27-28-29-30-31-32-33-34-36-37-39-42-45-48-51-54-60(63)66-57-58(56-65-59(62)53-50-47-44-41-18-15-12-9-6-3)67-61(64)55-52-49-46-43-40-38-35-24-22-20-17-14-11-8-5-2/h8,11,17,20,24,35,58H,4-7,9-10,12-16,18-19,21-23,25-34,36-57H2,1-3H3/b11-8-,20-17-,35-24-. The molecule has 0 aromatic heterocycles. The van der Waals surface area contributed by atoms with Crippen molar-refractivity contribution in [3.8, 4) is 0 Å². The minimum Gasteiger partial charge on any atom is -0.462 e. The van der Waals surface area contributed by atoms with Crippen LogP contribution in [0, 0.1) is 0 Å². The van der Waals surface area contributed by atoms with E-state index < -0.39 is 6.10 Å². The van der Waals surface area contributed by atoms with Crippen molar-refractivity contribution in [2.24, 2.45) is 0 Å². The Balaban J connectivity index is 4.15. The minimum absolute atomic E-state index is 0.0749. The van der Waals surface area contributed by atoms with Crippen molar-refractivity contribution in [3.63, 3.8) is 0 Å². The minimum atomic E-state index is -0.776. The molecular weight excluding hydrogens is 829 g/mol. The molecule has 0 aliphatic rings. The Morgan fingerprint density at radius 2 is 0.582 bits per heavy atom. The van der Waals surface area contributed by atoms with Crippen LogP contribution in [0.4, 0.5) is 0 Å². The average Bonchev–Trinajstić information content (AvgIpc) is 3.33. The molecule has 0 N–H and O–H groups in total. The number of carbonyl (C=O) groups excluding carboxylic acids is 3. The summed E-state index contributed by atoms with van der Waals surface area (Å²) in [6.07, 6.45) is 67.3. The number of hydrogen-bond acceptors (Lipinski definition) is 6. The van der Waals surface area contributed by atoms with Crippen LogP contribution in [-0.4, -0.2) is 37.2 Å². The van der Waals surface area contributed by atoms with Crippen LogP contribution in [0.1, 0.15) is 316 Å². The van der Waals surface area contributed by atoms with Gasteiger partial charge in [0.05, 0.1) is 0 Å². The summed E-state index contributed by atoms with van der Waals surface area (Å²) in [4.78, 5) is 38.0. The van der Waals surface area contributed by atoms with Gasteiger partial charge in [-0.3, -0.25) is 14.4 Å². The highest BCUT2D eigenvalue weighted by molar-refractivity contribution is 5.71. The topological polar surface area (TPSA) is 78.9 Å². The number of esters is 3. The number of unbranched alkanes of at least 4 members (excludes halogenated alkanes) is 37. The van der Waals surface area contributed by atoms with Crippen LogP contribution in [0.5, 0.6) is 0 Å². The number of hydrogen-bond donors (Lipinski definition) is 0. The molecule has 0 heterocycles. The fourth-order valence-electron chi connectivity index (χ4n) is 8.75.